The van der Waals surface area contributed by atoms with Gasteiger partial charge in [-0.3, -0.25) is 4.79 Å². The topological polar surface area (TPSA) is 78.4 Å². The molecule has 0 aliphatic heterocycles. The van der Waals surface area contributed by atoms with Crippen LogP contribution >= 0.6 is 0 Å². The Morgan fingerprint density at radius 2 is 2.21 bits per heavy atom. The van der Waals surface area contributed by atoms with Crippen LogP contribution in [0.4, 0.5) is 0 Å². The molecule has 0 radical (unpaired) electrons. The van der Waals surface area contributed by atoms with Crippen molar-refractivity contribution >= 4 is 12.2 Å². The summed E-state index contributed by atoms with van der Waals surface area (Å²) in [7, 11) is 1.69. The maximum Gasteiger partial charge on any atom is 0.250 e. The minimum atomic E-state index is -1.10. The fraction of sp³-hybridized carbons (Fsp3) is 0.778. The number of rotatable bonds is 7. The zero-order valence-corrected chi connectivity index (χ0v) is 8.62. The summed E-state index contributed by atoms with van der Waals surface area (Å²) in [6.45, 7) is 1.92. The number of aldehydes is 1. The lowest BCUT2D eigenvalue weighted by Crippen LogP contribution is -2.48. The van der Waals surface area contributed by atoms with Crippen LogP contribution in [-0.2, 0) is 9.59 Å². The highest BCUT2D eigenvalue weighted by Crippen LogP contribution is 2.01. The molecule has 2 unspecified atom stereocenters. The van der Waals surface area contributed by atoms with Gasteiger partial charge in [0.25, 0.3) is 5.91 Å². The third kappa shape index (κ3) is 4.34. The molecule has 0 saturated carbocycles. The summed E-state index contributed by atoms with van der Waals surface area (Å²) >= 11 is 0. The van der Waals surface area contributed by atoms with Gasteiger partial charge >= 0.3 is 0 Å². The van der Waals surface area contributed by atoms with E-state index >= 15 is 0 Å². The van der Waals surface area contributed by atoms with E-state index in [1.165, 1.54) is 0 Å². The zero-order chi connectivity index (χ0) is 11.0. The summed E-state index contributed by atoms with van der Waals surface area (Å²) in [5.74, 6) is -0.509. The van der Waals surface area contributed by atoms with E-state index in [0.29, 0.717) is 12.7 Å². The molecule has 5 heteroatoms. The lowest BCUT2D eigenvalue weighted by Gasteiger charge is -2.20. The van der Waals surface area contributed by atoms with Crippen LogP contribution in [0.5, 0.6) is 0 Å². The van der Waals surface area contributed by atoms with Gasteiger partial charge in [0, 0.05) is 6.04 Å². The molecule has 0 aromatic rings. The van der Waals surface area contributed by atoms with E-state index in [9.17, 15) is 14.7 Å². The quantitative estimate of drug-likeness (QED) is 0.465. The first kappa shape index (κ1) is 13.1. The van der Waals surface area contributed by atoms with E-state index in [4.69, 9.17) is 0 Å². The Hall–Kier alpha value is -0.940. The molecule has 2 atom stereocenters. The number of likely N-dealkylation sites (N-methyl/N-ethyl adjacent to an activating group) is 1. The summed E-state index contributed by atoms with van der Waals surface area (Å²) in [5, 5.41) is 14.7. The Bertz CT molecular complexity index is 185. The number of hydrogen-bond acceptors (Lipinski definition) is 4. The van der Waals surface area contributed by atoms with Gasteiger partial charge in [-0.15, -0.1) is 0 Å². The second kappa shape index (κ2) is 7.46. The molecule has 0 heterocycles. The molecule has 82 valence electrons. The van der Waals surface area contributed by atoms with Crippen LogP contribution in [-0.4, -0.2) is 43.0 Å². The third-order valence-electron chi connectivity index (χ3n) is 1.98. The molecule has 14 heavy (non-hydrogen) atoms. The lowest BCUT2D eigenvalue weighted by molar-refractivity contribution is -0.131. The molecule has 0 saturated heterocycles. The van der Waals surface area contributed by atoms with Crippen LogP contribution < -0.4 is 10.6 Å². The monoisotopic (exact) mass is 202 g/mol. The predicted molar refractivity (Wildman–Crippen MR) is 52.8 cm³/mol. The highest BCUT2D eigenvalue weighted by molar-refractivity contribution is 5.82. The van der Waals surface area contributed by atoms with E-state index in [1.807, 2.05) is 6.92 Å². The molecule has 0 spiro atoms. The van der Waals surface area contributed by atoms with Crippen molar-refractivity contribution in [3.05, 3.63) is 0 Å². The second-order valence-electron chi connectivity index (χ2n) is 3.04. The van der Waals surface area contributed by atoms with Crippen LogP contribution in [0.15, 0.2) is 0 Å². The Balaban J connectivity index is 4.04. The summed E-state index contributed by atoms with van der Waals surface area (Å²) < 4.78 is 0. The summed E-state index contributed by atoms with van der Waals surface area (Å²) in [6.07, 6.45) is 1.08. The number of nitrogens with one attached hydrogen (secondary N) is 2. The minimum Gasteiger partial charge on any atom is -0.382 e. The molecular weight excluding hydrogens is 184 g/mol. The first-order valence-corrected chi connectivity index (χ1v) is 4.74. The Labute approximate surface area is 83.9 Å². The molecule has 5 nitrogen and oxygen atoms in total. The van der Waals surface area contributed by atoms with E-state index in [2.05, 4.69) is 10.6 Å². The van der Waals surface area contributed by atoms with Gasteiger partial charge in [-0.2, -0.15) is 0 Å². The molecule has 1 amide bonds. The van der Waals surface area contributed by atoms with Crippen LogP contribution in [0, 0.1) is 0 Å². The third-order valence-corrected chi connectivity index (χ3v) is 1.98. The standard InChI is InChI=1S/C9H18N2O3/c1-3-4-7(10-2)8(13)9(14)11-5-6-12/h6-8,10,13H,3-5H2,1-2H3,(H,11,14). The van der Waals surface area contributed by atoms with Crippen LogP contribution in [0.3, 0.4) is 0 Å². The minimum absolute atomic E-state index is 0.0571. The molecule has 0 aliphatic rings. The molecule has 0 rings (SSSR count). The fourth-order valence-corrected chi connectivity index (χ4v) is 1.20. The van der Waals surface area contributed by atoms with Crippen molar-refractivity contribution in [2.45, 2.75) is 31.9 Å². The maximum atomic E-state index is 11.2. The van der Waals surface area contributed by atoms with Gasteiger partial charge < -0.3 is 20.5 Å². The van der Waals surface area contributed by atoms with Crippen molar-refractivity contribution in [2.75, 3.05) is 13.6 Å². The molecule has 0 aromatic carbocycles. The molecule has 0 bridgehead atoms. The van der Waals surface area contributed by atoms with E-state index in [1.54, 1.807) is 7.05 Å². The number of hydrogen-bond donors (Lipinski definition) is 3. The summed E-state index contributed by atoms with van der Waals surface area (Å²) in [6, 6.07) is -0.258. The predicted octanol–water partition coefficient (Wildman–Crippen LogP) is -0.949. The van der Waals surface area contributed by atoms with Crippen LogP contribution in [0.25, 0.3) is 0 Å². The normalized spacial score (nSPS) is 14.5. The Morgan fingerprint density at radius 3 is 2.64 bits per heavy atom. The van der Waals surface area contributed by atoms with Crippen LogP contribution in [0.2, 0.25) is 0 Å². The van der Waals surface area contributed by atoms with Crippen LogP contribution in [0.1, 0.15) is 19.8 Å². The fourth-order valence-electron chi connectivity index (χ4n) is 1.20. The van der Waals surface area contributed by atoms with Gasteiger partial charge in [0.15, 0.2) is 0 Å². The van der Waals surface area contributed by atoms with Gasteiger partial charge in [-0.05, 0) is 13.5 Å². The number of aliphatic hydroxyl groups excluding tert-OH is 1. The molecular formula is C9H18N2O3. The van der Waals surface area contributed by atoms with Gasteiger partial charge in [0.05, 0.1) is 6.54 Å². The zero-order valence-electron chi connectivity index (χ0n) is 8.62. The lowest BCUT2D eigenvalue weighted by atomic mass is 10.1. The summed E-state index contributed by atoms with van der Waals surface area (Å²) in [4.78, 5) is 21.2. The largest absolute Gasteiger partial charge is 0.382 e. The van der Waals surface area contributed by atoms with Gasteiger partial charge in [0.2, 0.25) is 0 Å². The number of amides is 1. The van der Waals surface area contributed by atoms with E-state index in [-0.39, 0.29) is 12.6 Å². The van der Waals surface area contributed by atoms with Crippen molar-refractivity contribution in [2.24, 2.45) is 0 Å². The van der Waals surface area contributed by atoms with Crippen molar-refractivity contribution in [3.63, 3.8) is 0 Å². The van der Waals surface area contributed by atoms with E-state index in [0.717, 1.165) is 6.42 Å². The van der Waals surface area contributed by atoms with Gasteiger partial charge in [0.1, 0.15) is 12.4 Å². The first-order valence-electron chi connectivity index (χ1n) is 4.74. The smallest absolute Gasteiger partial charge is 0.250 e. The van der Waals surface area contributed by atoms with Crippen molar-refractivity contribution in [1.29, 1.82) is 0 Å². The average molecular weight is 202 g/mol. The average Bonchev–Trinajstić information content (AvgIpc) is 2.21. The number of carbonyl (C=O) groups excluding carboxylic acids is 2. The summed E-state index contributed by atoms with van der Waals surface area (Å²) in [5.41, 5.74) is 0. The van der Waals surface area contributed by atoms with Crippen molar-refractivity contribution in [1.82, 2.24) is 10.6 Å². The van der Waals surface area contributed by atoms with E-state index < -0.39 is 12.0 Å². The SMILES string of the molecule is CCCC(NC)C(O)C(=O)NCC=O. The second-order valence-corrected chi connectivity index (χ2v) is 3.04. The number of carbonyl (C=O) groups is 2. The Morgan fingerprint density at radius 1 is 1.57 bits per heavy atom. The van der Waals surface area contributed by atoms with Gasteiger partial charge in [-0.1, -0.05) is 13.3 Å². The first-order chi connectivity index (χ1) is 6.67. The van der Waals surface area contributed by atoms with Crippen molar-refractivity contribution < 1.29 is 14.7 Å². The number of aliphatic hydroxyl groups is 1. The van der Waals surface area contributed by atoms with Gasteiger partial charge in [-0.25, -0.2) is 0 Å². The maximum absolute atomic E-state index is 11.2. The molecule has 0 aromatic heterocycles. The Kier molecular flexibility index (Phi) is 6.96. The molecule has 3 N–H and O–H groups in total. The highest BCUT2D eigenvalue weighted by Gasteiger charge is 2.23. The highest BCUT2D eigenvalue weighted by atomic mass is 16.3. The molecule has 0 aliphatic carbocycles. The molecule has 0 fully saturated rings. The van der Waals surface area contributed by atoms with Crippen molar-refractivity contribution in [3.8, 4) is 0 Å².